The molecular formula is C24H32N4O3. The molecule has 0 N–H and O–H groups in total. The van der Waals surface area contributed by atoms with Gasteiger partial charge in [0.25, 0.3) is 0 Å². The van der Waals surface area contributed by atoms with Gasteiger partial charge in [-0.15, -0.1) is 0 Å². The van der Waals surface area contributed by atoms with Crippen LogP contribution in [0.1, 0.15) is 44.6 Å². The Balaban J connectivity index is 1.17. The first-order valence-corrected chi connectivity index (χ1v) is 11.7. The van der Waals surface area contributed by atoms with E-state index in [0.29, 0.717) is 24.5 Å². The number of ketones is 1. The highest BCUT2D eigenvalue weighted by molar-refractivity contribution is 6.02. The van der Waals surface area contributed by atoms with Crippen LogP contribution >= 0.6 is 0 Å². The van der Waals surface area contributed by atoms with Crippen LogP contribution in [0.4, 0.5) is 10.6 Å². The van der Waals surface area contributed by atoms with Gasteiger partial charge in [0.1, 0.15) is 5.82 Å². The minimum Gasteiger partial charge on any atom is -0.450 e. The summed E-state index contributed by atoms with van der Waals surface area (Å²) in [5.74, 6) is 1.25. The van der Waals surface area contributed by atoms with Crippen LogP contribution in [0.5, 0.6) is 0 Å². The van der Waals surface area contributed by atoms with Crippen molar-refractivity contribution in [3.63, 3.8) is 0 Å². The molecule has 2 aliphatic heterocycles. The van der Waals surface area contributed by atoms with Gasteiger partial charge in [0.05, 0.1) is 6.61 Å². The molecule has 0 bridgehead atoms. The SMILES string of the molecule is CCOC(=O)N1CC2(CC[C@@H](N3CCN(c4ncccc4C4=CC(=O)CC4)CC3)C2)C1. The summed E-state index contributed by atoms with van der Waals surface area (Å²) in [5, 5.41) is 0. The number of anilines is 1. The van der Waals surface area contributed by atoms with Crippen molar-refractivity contribution in [1.29, 1.82) is 0 Å². The molecule has 2 aliphatic carbocycles. The van der Waals surface area contributed by atoms with Crippen molar-refractivity contribution in [3.05, 3.63) is 30.0 Å². The van der Waals surface area contributed by atoms with Crippen molar-refractivity contribution in [2.75, 3.05) is 50.8 Å². The van der Waals surface area contributed by atoms with Crippen molar-refractivity contribution >= 4 is 23.3 Å². The molecular weight excluding hydrogens is 392 g/mol. The molecule has 5 rings (SSSR count). The Bertz CT molecular complexity index is 885. The zero-order valence-electron chi connectivity index (χ0n) is 18.4. The number of piperazine rings is 1. The second-order valence-electron chi connectivity index (χ2n) is 9.49. The molecule has 0 unspecified atom stereocenters. The van der Waals surface area contributed by atoms with Crippen LogP contribution in [0.3, 0.4) is 0 Å². The predicted molar refractivity (Wildman–Crippen MR) is 119 cm³/mol. The molecule has 31 heavy (non-hydrogen) atoms. The molecule has 4 aliphatic rings. The number of allylic oxidation sites excluding steroid dienone is 2. The maximum absolute atomic E-state index is 11.9. The lowest BCUT2D eigenvalue weighted by Gasteiger charge is -2.48. The molecule has 2 saturated heterocycles. The number of amides is 1. The highest BCUT2D eigenvalue weighted by Crippen LogP contribution is 2.47. The molecule has 3 fully saturated rings. The van der Waals surface area contributed by atoms with E-state index in [9.17, 15) is 9.59 Å². The Hall–Kier alpha value is -2.41. The van der Waals surface area contributed by atoms with Crippen LogP contribution in [-0.4, -0.2) is 78.6 Å². The van der Waals surface area contributed by atoms with Gasteiger partial charge in [-0.1, -0.05) is 0 Å². The fourth-order valence-corrected chi connectivity index (χ4v) is 5.89. The van der Waals surface area contributed by atoms with Gasteiger partial charge in [-0.05, 0) is 56.4 Å². The standard InChI is InChI=1S/C24H32N4O3/c1-2-31-23(30)28-16-24(17-28)8-7-19(15-24)26-10-12-27(13-11-26)22-21(4-3-9-25-22)18-5-6-20(29)14-18/h3-4,9,14,19H,2,5-8,10-13,15-17H2,1H3/t19-/m1/s1. The van der Waals surface area contributed by atoms with Crippen LogP contribution in [0.15, 0.2) is 24.4 Å². The second kappa shape index (κ2) is 8.26. The van der Waals surface area contributed by atoms with Gasteiger partial charge in [-0.25, -0.2) is 9.78 Å². The summed E-state index contributed by atoms with van der Waals surface area (Å²) in [4.78, 5) is 35.2. The molecule has 1 spiro atoms. The lowest BCUT2D eigenvalue weighted by atomic mass is 9.78. The highest BCUT2D eigenvalue weighted by Gasteiger charge is 2.51. The van der Waals surface area contributed by atoms with Gasteiger partial charge in [-0.2, -0.15) is 0 Å². The first-order valence-electron chi connectivity index (χ1n) is 11.7. The minimum atomic E-state index is -0.157. The zero-order valence-corrected chi connectivity index (χ0v) is 18.4. The van der Waals surface area contributed by atoms with Crippen molar-refractivity contribution in [2.45, 2.75) is 45.1 Å². The molecule has 7 nitrogen and oxygen atoms in total. The molecule has 0 radical (unpaired) electrons. The molecule has 1 aromatic rings. The number of carbonyl (C=O) groups excluding carboxylic acids is 2. The normalized spacial score (nSPS) is 25.6. The largest absolute Gasteiger partial charge is 0.450 e. The van der Waals surface area contributed by atoms with Crippen LogP contribution < -0.4 is 4.90 Å². The third-order valence-corrected chi connectivity index (χ3v) is 7.49. The monoisotopic (exact) mass is 424 g/mol. The average Bonchev–Trinajstić information content (AvgIpc) is 3.40. The first-order chi connectivity index (χ1) is 15.1. The Morgan fingerprint density at radius 1 is 1.23 bits per heavy atom. The van der Waals surface area contributed by atoms with Crippen LogP contribution in [0.25, 0.3) is 5.57 Å². The van der Waals surface area contributed by atoms with Crippen molar-refractivity contribution in [2.24, 2.45) is 5.41 Å². The van der Waals surface area contributed by atoms with Crippen molar-refractivity contribution < 1.29 is 14.3 Å². The summed E-state index contributed by atoms with van der Waals surface area (Å²) in [7, 11) is 0. The Morgan fingerprint density at radius 3 is 2.74 bits per heavy atom. The van der Waals surface area contributed by atoms with E-state index in [2.05, 4.69) is 20.9 Å². The highest BCUT2D eigenvalue weighted by atomic mass is 16.6. The molecule has 166 valence electrons. The van der Waals surface area contributed by atoms with E-state index in [-0.39, 0.29) is 11.9 Å². The van der Waals surface area contributed by atoms with Gasteiger partial charge in [0, 0.05) is 68.9 Å². The third kappa shape index (κ3) is 3.95. The number of rotatable bonds is 4. The molecule has 0 aromatic carbocycles. The zero-order chi connectivity index (χ0) is 21.4. The van der Waals surface area contributed by atoms with E-state index in [1.807, 2.05) is 24.1 Å². The minimum absolute atomic E-state index is 0.157. The maximum Gasteiger partial charge on any atom is 0.409 e. The van der Waals surface area contributed by atoms with E-state index in [0.717, 1.165) is 62.6 Å². The quantitative estimate of drug-likeness (QED) is 0.740. The summed E-state index contributed by atoms with van der Waals surface area (Å²) >= 11 is 0. The van der Waals surface area contributed by atoms with Gasteiger partial charge >= 0.3 is 6.09 Å². The summed E-state index contributed by atoms with van der Waals surface area (Å²) < 4.78 is 5.14. The average molecular weight is 425 g/mol. The topological polar surface area (TPSA) is 66.0 Å². The molecule has 1 atom stereocenters. The van der Waals surface area contributed by atoms with E-state index >= 15 is 0 Å². The number of hydrogen-bond donors (Lipinski definition) is 0. The molecule has 7 heteroatoms. The third-order valence-electron chi connectivity index (χ3n) is 7.49. The number of aromatic nitrogens is 1. The molecule has 1 saturated carbocycles. The predicted octanol–water partition coefficient (Wildman–Crippen LogP) is 2.96. The number of carbonyl (C=O) groups is 2. The first kappa shape index (κ1) is 20.5. The Kier molecular flexibility index (Phi) is 5.46. The summed E-state index contributed by atoms with van der Waals surface area (Å²) in [6, 6.07) is 4.69. The Morgan fingerprint density at radius 2 is 2.03 bits per heavy atom. The molecule has 1 amide bonds. The van der Waals surface area contributed by atoms with Gasteiger partial charge in [-0.3, -0.25) is 9.69 Å². The summed E-state index contributed by atoms with van der Waals surface area (Å²) in [6.07, 6.45) is 8.56. The number of hydrogen-bond acceptors (Lipinski definition) is 6. The summed E-state index contributed by atoms with van der Waals surface area (Å²) in [5.41, 5.74) is 2.56. The van der Waals surface area contributed by atoms with Crippen LogP contribution in [0.2, 0.25) is 0 Å². The smallest absolute Gasteiger partial charge is 0.409 e. The second-order valence-corrected chi connectivity index (χ2v) is 9.49. The van der Waals surface area contributed by atoms with E-state index < -0.39 is 0 Å². The van der Waals surface area contributed by atoms with E-state index in [1.165, 1.54) is 19.3 Å². The van der Waals surface area contributed by atoms with Crippen LogP contribution in [0, 0.1) is 5.41 Å². The number of ether oxygens (including phenoxy) is 1. The summed E-state index contributed by atoms with van der Waals surface area (Å²) in [6.45, 7) is 8.01. The Labute approximate surface area is 184 Å². The fraction of sp³-hybridized carbons (Fsp3) is 0.625. The number of pyridine rings is 1. The number of nitrogens with zero attached hydrogens (tertiary/aromatic N) is 4. The molecule has 1 aromatic heterocycles. The van der Waals surface area contributed by atoms with E-state index in [1.54, 1.807) is 6.08 Å². The van der Waals surface area contributed by atoms with Gasteiger partial charge in [0.2, 0.25) is 0 Å². The lowest BCUT2D eigenvalue weighted by molar-refractivity contribution is -0.114. The van der Waals surface area contributed by atoms with Crippen molar-refractivity contribution in [1.82, 2.24) is 14.8 Å². The van der Waals surface area contributed by atoms with Crippen LogP contribution in [-0.2, 0) is 9.53 Å². The molecule has 3 heterocycles. The fourth-order valence-electron chi connectivity index (χ4n) is 5.89. The number of likely N-dealkylation sites (tertiary alicyclic amines) is 1. The van der Waals surface area contributed by atoms with Gasteiger partial charge in [0.15, 0.2) is 5.78 Å². The maximum atomic E-state index is 11.9. The van der Waals surface area contributed by atoms with E-state index in [4.69, 9.17) is 4.74 Å². The van der Waals surface area contributed by atoms with Gasteiger partial charge < -0.3 is 14.5 Å². The van der Waals surface area contributed by atoms with Crippen molar-refractivity contribution in [3.8, 4) is 0 Å². The lowest BCUT2D eigenvalue weighted by Crippen LogP contribution is -2.58.